The standard InChI is InChI=1S/C19H19N3O3/c1-3-25-18(24)19(2)13-15(21-16-11-7-8-12-20-16)17(23)22(19)14-9-5-4-6-10-14/h4-13H,3H2,1-2H3,(H,20,21). The third-order valence-corrected chi connectivity index (χ3v) is 3.95. The van der Waals surface area contributed by atoms with Crippen molar-refractivity contribution in [1.82, 2.24) is 4.98 Å². The topological polar surface area (TPSA) is 71.5 Å². The molecule has 0 saturated carbocycles. The van der Waals surface area contributed by atoms with Crippen molar-refractivity contribution in [2.45, 2.75) is 19.4 Å². The summed E-state index contributed by atoms with van der Waals surface area (Å²) in [6, 6.07) is 14.4. The van der Waals surface area contributed by atoms with E-state index < -0.39 is 11.5 Å². The lowest BCUT2D eigenvalue weighted by Crippen LogP contribution is -2.51. The number of anilines is 2. The molecule has 128 valence electrons. The highest BCUT2D eigenvalue weighted by atomic mass is 16.5. The molecule has 1 N–H and O–H groups in total. The molecular formula is C19H19N3O3. The summed E-state index contributed by atoms with van der Waals surface area (Å²) in [5, 5.41) is 2.99. The number of pyridine rings is 1. The Bertz CT molecular complexity index is 805. The molecule has 0 radical (unpaired) electrons. The fourth-order valence-corrected chi connectivity index (χ4v) is 2.79. The number of ether oxygens (including phenoxy) is 1. The van der Waals surface area contributed by atoms with Crippen LogP contribution < -0.4 is 10.2 Å². The molecule has 6 heteroatoms. The quantitative estimate of drug-likeness (QED) is 0.850. The summed E-state index contributed by atoms with van der Waals surface area (Å²) in [7, 11) is 0. The lowest BCUT2D eigenvalue weighted by Gasteiger charge is -2.32. The number of esters is 1. The van der Waals surface area contributed by atoms with Crippen LogP contribution in [-0.2, 0) is 14.3 Å². The van der Waals surface area contributed by atoms with Crippen LogP contribution in [0.3, 0.4) is 0 Å². The number of carbonyl (C=O) groups is 2. The van der Waals surface area contributed by atoms with Gasteiger partial charge < -0.3 is 10.1 Å². The number of aromatic nitrogens is 1. The van der Waals surface area contributed by atoms with Crippen LogP contribution in [0.2, 0.25) is 0 Å². The van der Waals surface area contributed by atoms with Crippen LogP contribution in [0, 0.1) is 0 Å². The minimum Gasteiger partial charge on any atom is -0.464 e. The van der Waals surface area contributed by atoms with Gasteiger partial charge in [0.25, 0.3) is 5.91 Å². The summed E-state index contributed by atoms with van der Waals surface area (Å²) in [5.74, 6) is -0.263. The smallest absolute Gasteiger partial charge is 0.336 e. The van der Waals surface area contributed by atoms with Gasteiger partial charge in [-0.15, -0.1) is 0 Å². The van der Waals surface area contributed by atoms with Gasteiger partial charge in [0.1, 0.15) is 11.5 Å². The molecular weight excluding hydrogens is 318 g/mol. The van der Waals surface area contributed by atoms with Gasteiger partial charge in [-0.3, -0.25) is 9.69 Å². The number of hydrogen-bond acceptors (Lipinski definition) is 5. The van der Waals surface area contributed by atoms with Crippen molar-refractivity contribution in [2.24, 2.45) is 0 Å². The number of amides is 1. The molecule has 1 atom stereocenters. The van der Waals surface area contributed by atoms with Crippen LogP contribution in [-0.4, -0.2) is 29.0 Å². The molecule has 1 amide bonds. The van der Waals surface area contributed by atoms with Crippen molar-refractivity contribution in [3.8, 4) is 0 Å². The Morgan fingerprint density at radius 2 is 1.92 bits per heavy atom. The largest absolute Gasteiger partial charge is 0.464 e. The van der Waals surface area contributed by atoms with E-state index in [9.17, 15) is 9.59 Å². The number of nitrogens with zero attached hydrogens (tertiary/aromatic N) is 2. The molecule has 25 heavy (non-hydrogen) atoms. The van der Waals surface area contributed by atoms with E-state index in [0.29, 0.717) is 11.5 Å². The van der Waals surface area contributed by atoms with Gasteiger partial charge in [-0.05, 0) is 44.2 Å². The van der Waals surface area contributed by atoms with Gasteiger partial charge >= 0.3 is 5.97 Å². The molecule has 1 unspecified atom stereocenters. The van der Waals surface area contributed by atoms with E-state index in [1.54, 1.807) is 50.4 Å². The van der Waals surface area contributed by atoms with Crippen LogP contribution >= 0.6 is 0 Å². The summed E-state index contributed by atoms with van der Waals surface area (Å²) in [4.78, 5) is 31.2. The highest BCUT2D eigenvalue weighted by Gasteiger charge is 2.49. The number of benzene rings is 1. The minimum atomic E-state index is -1.23. The normalized spacial score (nSPS) is 19.5. The molecule has 1 aromatic heterocycles. The first-order chi connectivity index (χ1) is 12.1. The van der Waals surface area contributed by atoms with Crippen molar-refractivity contribution < 1.29 is 14.3 Å². The number of nitrogens with one attached hydrogen (secondary N) is 1. The molecule has 6 nitrogen and oxygen atoms in total. The third kappa shape index (κ3) is 3.10. The maximum Gasteiger partial charge on any atom is 0.336 e. The Morgan fingerprint density at radius 1 is 1.20 bits per heavy atom. The summed E-state index contributed by atoms with van der Waals surface area (Å²) < 4.78 is 5.21. The highest BCUT2D eigenvalue weighted by molar-refractivity contribution is 6.16. The van der Waals surface area contributed by atoms with Crippen molar-refractivity contribution in [3.05, 3.63) is 66.5 Å². The number of para-hydroxylation sites is 1. The molecule has 3 rings (SSSR count). The zero-order valence-electron chi connectivity index (χ0n) is 14.1. The second-order valence-electron chi connectivity index (χ2n) is 5.74. The lowest BCUT2D eigenvalue weighted by atomic mass is 10.0. The fraction of sp³-hybridized carbons (Fsp3) is 0.211. The Labute approximate surface area is 146 Å². The van der Waals surface area contributed by atoms with E-state index in [4.69, 9.17) is 4.74 Å². The summed E-state index contributed by atoms with van der Waals surface area (Å²) >= 11 is 0. The molecule has 2 aromatic rings. The molecule has 2 heterocycles. The monoisotopic (exact) mass is 337 g/mol. The van der Waals surface area contributed by atoms with Crippen LogP contribution in [0.15, 0.2) is 66.5 Å². The van der Waals surface area contributed by atoms with Crippen LogP contribution in [0.25, 0.3) is 0 Å². The zero-order chi connectivity index (χ0) is 17.9. The van der Waals surface area contributed by atoms with E-state index in [-0.39, 0.29) is 18.2 Å². The summed E-state index contributed by atoms with van der Waals surface area (Å²) in [6.07, 6.45) is 3.22. The van der Waals surface area contributed by atoms with Gasteiger partial charge in [-0.1, -0.05) is 24.3 Å². The number of hydrogen-bond donors (Lipinski definition) is 1. The maximum absolute atomic E-state index is 13.0. The second-order valence-corrected chi connectivity index (χ2v) is 5.74. The average Bonchev–Trinajstić information content (AvgIpc) is 2.88. The van der Waals surface area contributed by atoms with Crippen LogP contribution in [0.1, 0.15) is 13.8 Å². The predicted octanol–water partition coefficient (Wildman–Crippen LogP) is 2.75. The number of rotatable bonds is 5. The molecule has 1 aromatic carbocycles. The first-order valence-electron chi connectivity index (χ1n) is 8.04. The van der Waals surface area contributed by atoms with Crippen molar-refractivity contribution in [3.63, 3.8) is 0 Å². The third-order valence-electron chi connectivity index (χ3n) is 3.95. The van der Waals surface area contributed by atoms with Gasteiger partial charge in [0.05, 0.1) is 6.61 Å². The van der Waals surface area contributed by atoms with E-state index in [2.05, 4.69) is 10.3 Å². The van der Waals surface area contributed by atoms with Gasteiger partial charge in [0.15, 0.2) is 5.54 Å². The molecule has 0 fully saturated rings. The Morgan fingerprint density at radius 3 is 2.56 bits per heavy atom. The fourth-order valence-electron chi connectivity index (χ4n) is 2.79. The lowest BCUT2D eigenvalue weighted by molar-refractivity contribution is -0.147. The highest BCUT2D eigenvalue weighted by Crippen LogP contribution is 2.34. The predicted molar refractivity (Wildman–Crippen MR) is 94.9 cm³/mol. The molecule has 0 spiro atoms. The molecule has 1 aliphatic heterocycles. The van der Waals surface area contributed by atoms with Gasteiger partial charge in [0, 0.05) is 11.9 Å². The maximum atomic E-state index is 13.0. The zero-order valence-corrected chi connectivity index (χ0v) is 14.1. The summed E-state index contributed by atoms with van der Waals surface area (Å²) in [6.45, 7) is 3.65. The van der Waals surface area contributed by atoms with E-state index >= 15 is 0 Å². The second kappa shape index (κ2) is 6.76. The van der Waals surface area contributed by atoms with Gasteiger partial charge in [-0.25, -0.2) is 9.78 Å². The molecule has 0 bridgehead atoms. The van der Waals surface area contributed by atoms with E-state index in [1.807, 2.05) is 24.3 Å². The first kappa shape index (κ1) is 16.7. The first-order valence-corrected chi connectivity index (χ1v) is 8.04. The number of carbonyl (C=O) groups excluding carboxylic acids is 2. The van der Waals surface area contributed by atoms with Crippen LogP contribution in [0.4, 0.5) is 11.5 Å². The Hall–Kier alpha value is -3.15. The van der Waals surface area contributed by atoms with Crippen LogP contribution in [0.5, 0.6) is 0 Å². The van der Waals surface area contributed by atoms with Gasteiger partial charge in [-0.2, -0.15) is 0 Å². The van der Waals surface area contributed by atoms with Crippen molar-refractivity contribution in [1.29, 1.82) is 0 Å². The Balaban J connectivity index is 2.00. The molecule has 1 aliphatic rings. The van der Waals surface area contributed by atoms with E-state index in [0.717, 1.165) is 0 Å². The van der Waals surface area contributed by atoms with Crippen molar-refractivity contribution >= 4 is 23.4 Å². The SMILES string of the molecule is CCOC(=O)C1(C)C=C(Nc2ccccn2)C(=O)N1c1ccccc1. The van der Waals surface area contributed by atoms with Crippen molar-refractivity contribution in [2.75, 3.05) is 16.8 Å². The van der Waals surface area contributed by atoms with E-state index in [1.165, 1.54) is 4.90 Å². The molecule has 0 saturated heterocycles. The van der Waals surface area contributed by atoms with Gasteiger partial charge in [0.2, 0.25) is 0 Å². The summed E-state index contributed by atoms with van der Waals surface area (Å²) in [5.41, 5.74) is -0.318. The Kier molecular flexibility index (Phi) is 4.52. The average molecular weight is 337 g/mol. The minimum absolute atomic E-state index is 0.238. The molecule has 0 aliphatic carbocycles.